The number of urea groups is 1. The van der Waals surface area contributed by atoms with Gasteiger partial charge < -0.3 is 15.1 Å². The number of likely N-dealkylation sites (N-methyl/N-ethyl adjacent to an activating group) is 1. The number of hydrogen-bond acceptors (Lipinski definition) is 4. The topological polar surface area (TPSA) is 61.4 Å². The number of carbonyl (C=O) groups is 1. The second kappa shape index (κ2) is 8.56. The molecular weight excluding hydrogens is 373 g/mol. The highest BCUT2D eigenvalue weighted by Crippen LogP contribution is 2.23. The first-order valence-corrected chi connectivity index (χ1v) is 9.27. The Morgan fingerprint density at radius 2 is 2.19 bits per heavy atom. The molecule has 1 N–H and O–H groups in total. The average Bonchev–Trinajstić information content (AvgIpc) is 2.69. The fraction of sp³-hybridized carbons (Fsp3) is 0.389. The fourth-order valence-electron chi connectivity index (χ4n) is 3.06. The summed E-state index contributed by atoms with van der Waals surface area (Å²) in [6.45, 7) is 2.07. The van der Waals surface area contributed by atoms with Crippen LogP contribution in [0.1, 0.15) is 18.4 Å². The molecule has 1 aromatic carbocycles. The number of rotatable bonds is 4. The van der Waals surface area contributed by atoms with Crippen LogP contribution in [-0.2, 0) is 6.54 Å². The van der Waals surface area contributed by atoms with E-state index in [1.165, 1.54) is 0 Å². The van der Waals surface area contributed by atoms with E-state index in [1.807, 2.05) is 25.2 Å². The predicted octanol–water partition coefficient (Wildman–Crippen LogP) is 3.59. The van der Waals surface area contributed by atoms with Gasteiger partial charge in [0.2, 0.25) is 0 Å². The summed E-state index contributed by atoms with van der Waals surface area (Å²) in [7, 11) is 1.83. The number of benzene rings is 1. The van der Waals surface area contributed by atoms with Crippen molar-refractivity contribution >= 4 is 35.1 Å². The quantitative estimate of drug-likeness (QED) is 0.861. The van der Waals surface area contributed by atoms with E-state index in [2.05, 4.69) is 20.4 Å². The number of amides is 2. The van der Waals surface area contributed by atoms with Crippen LogP contribution in [0.2, 0.25) is 10.0 Å². The third-order valence-electron chi connectivity index (χ3n) is 4.57. The normalized spacial score (nSPS) is 17.0. The van der Waals surface area contributed by atoms with Crippen molar-refractivity contribution in [3.05, 3.63) is 52.1 Å². The molecule has 8 heteroatoms. The van der Waals surface area contributed by atoms with Crippen molar-refractivity contribution in [1.82, 2.24) is 20.4 Å². The van der Waals surface area contributed by atoms with Crippen LogP contribution >= 0.6 is 23.2 Å². The molecule has 138 valence electrons. The van der Waals surface area contributed by atoms with Gasteiger partial charge in [0.25, 0.3) is 0 Å². The molecule has 2 heterocycles. The minimum Gasteiger partial charge on any atom is -0.353 e. The molecule has 0 bridgehead atoms. The van der Waals surface area contributed by atoms with E-state index >= 15 is 0 Å². The predicted molar refractivity (Wildman–Crippen MR) is 104 cm³/mol. The Kier molecular flexibility index (Phi) is 6.16. The van der Waals surface area contributed by atoms with Crippen LogP contribution in [0, 0.1) is 0 Å². The lowest BCUT2D eigenvalue weighted by molar-refractivity contribution is 0.182. The van der Waals surface area contributed by atoms with Gasteiger partial charge >= 0.3 is 6.03 Å². The van der Waals surface area contributed by atoms with Gasteiger partial charge in [0.15, 0.2) is 5.82 Å². The molecule has 1 aromatic heterocycles. The van der Waals surface area contributed by atoms with Crippen LogP contribution < -0.4 is 10.2 Å². The number of aromatic nitrogens is 2. The SMILES string of the molecule is CN(C(=O)NCc1ccc(Cl)c(Cl)c1)[C@@H]1CCCN(c2cccnn2)C1. The zero-order chi connectivity index (χ0) is 18.5. The van der Waals surface area contributed by atoms with Crippen molar-refractivity contribution in [3.8, 4) is 0 Å². The first-order chi connectivity index (χ1) is 12.5. The van der Waals surface area contributed by atoms with Crippen molar-refractivity contribution < 1.29 is 4.79 Å². The molecule has 2 aromatic rings. The molecule has 1 saturated heterocycles. The highest BCUT2D eigenvalue weighted by Gasteiger charge is 2.26. The molecule has 6 nitrogen and oxygen atoms in total. The molecule has 1 atom stereocenters. The number of hydrogen-bond donors (Lipinski definition) is 1. The fourth-order valence-corrected chi connectivity index (χ4v) is 3.38. The monoisotopic (exact) mass is 393 g/mol. The number of nitrogens with one attached hydrogen (secondary N) is 1. The molecule has 2 amide bonds. The number of nitrogens with zero attached hydrogens (tertiary/aromatic N) is 4. The summed E-state index contributed by atoms with van der Waals surface area (Å²) < 4.78 is 0. The first-order valence-electron chi connectivity index (χ1n) is 8.52. The van der Waals surface area contributed by atoms with E-state index in [9.17, 15) is 4.79 Å². The van der Waals surface area contributed by atoms with E-state index in [4.69, 9.17) is 23.2 Å². The van der Waals surface area contributed by atoms with Crippen molar-refractivity contribution in [1.29, 1.82) is 0 Å². The van der Waals surface area contributed by atoms with Gasteiger partial charge in [-0.25, -0.2) is 4.79 Å². The second-order valence-electron chi connectivity index (χ2n) is 6.34. The van der Waals surface area contributed by atoms with Crippen LogP contribution in [0.25, 0.3) is 0 Å². The number of halogens is 2. The molecular formula is C18H21Cl2N5O. The molecule has 0 aliphatic carbocycles. The maximum absolute atomic E-state index is 12.5. The molecule has 1 aliphatic rings. The molecule has 0 radical (unpaired) electrons. The smallest absolute Gasteiger partial charge is 0.317 e. The van der Waals surface area contributed by atoms with Gasteiger partial charge in [-0.1, -0.05) is 29.3 Å². The Balaban J connectivity index is 1.56. The lowest BCUT2D eigenvalue weighted by Gasteiger charge is -2.37. The zero-order valence-corrected chi connectivity index (χ0v) is 16.0. The van der Waals surface area contributed by atoms with Crippen LogP contribution in [0.15, 0.2) is 36.5 Å². The van der Waals surface area contributed by atoms with E-state index in [-0.39, 0.29) is 12.1 Å². The Bertz CT molecular complexity index is 759. The highest BCUT2D eigenvalue weighted by atomic mass is 35.5. The summed E-state index contributed by atoms with van der Waals surface area (Å²) in [4.78, 5) is 16.5. The van der Waals surface area contributed by atoms with Gasteiger partial charge in [0, 0.05) is 32.9 Å². The van der Waals surface area contributed by atoms with E-state index in [0.717, 1.165) is 37.3 Å². The Morgan fingerprint density at radius 1 is 1.35 bits per heavy atom. The highest BCUT2D eigenvalue weighted by molar-refractivity contribution is 6.42. The summed E-state index contributed by atoms with van der Waals surface area (Å²) >= 11 is 11.9. The summed E-state index contributed by atoms with van der Waals surface area (Å²) in [5.74, 6) is 0.849. The van der Waals surface area contributed by atoms with Gasteiger partial charge in [-0.3, -0.25) is 0 Å². The van der Waals surface area contributed by atoms with Crippen LogP contribution in [0.4, 0.5) is 10.6 Å². The Labute approximate surface area is 163 Å². The largest absolute Gasteiger partial charge is 0.353 e. The summed E-state index contributed by atoms with van der Waals surface area (Å²) in [5, 5.41) is 12.0. The van der Waals surface area contributed by atoms with E-state index < -0.39 is 0 Å². The number of anilines is 1. The molecule has 1 aliphatic heterocycles. The lowest BCUT2D eigenvalue weighted by Crippen LogP contribution is -2.51. The second-order valence-corrected chi connectivity index (χ2v) is 7.16. The Hall–Kier alpha value is -2.05. The summed E-state index contributed by atoms with van der Waals surface area (Å²) in [6.07, 6.45) is 3.63. The van der Waals surface area contributed by atoms with Gasteiger partial charge in [-0.15, -0.1) is 5.10 Å². The third kappa shape index (κ3) is 4.56. The molecule has 1 fully saturated rings. The Morgan fingerprint density at radius 3 is 2.92 bits per heavy atom. The van der Waals surface area contributed by atoms with Gasteiger partial charge in [-0.05, 0) is 42.7 Å². The third-order valence-corrected chi connectivity index (χ3v) is 5.31. The average molecular weight is 394 g/mol. The van der Waals surface area contributed by atoms with Crippen LogP contribution in [0.3, 0.4) is 0 Å². The van der Waals surface area contributed by atoms with Crippen molar-refractivity contribution in [2.45, 2.75) is 25.4 Å². The molecule has 0 saturated carbocycles. The molecule has 0 spiro atoms. The lowest BCUT2D eigenvalue weighted by atomic mass is 10.0. The first kappa shape index (κ1) is 18.7. The molecule has 26 heavy (non-hydrogen) atoms. The minimum atomic E-state index is -0.109. The molecule has 0 unspecified atom stereocenters. The van der Waals surface area contributed by atoms with Crippen LogP contribution in [0.5, 0.6) is 0 Å². The van der Waals surface area contributed by atoms with Gasteiger partial charge in [0.1, 0.15) is 0 Å². The maximum Gasteiger partial charge on any atom is 0.317 e. The summed E-state index contributed by atoms with van der Waals surface area (Å²) in [5.41, 5.74) is 0.908. The van der Waals surface area contributed by atoms with Gasteiger partial charge in [-0.2, -0.15) is 5.10 Å². The summed E-state index contributed by atoms with van der Waals surface area (Å²) in [6, 6.07) is 9.18. The molecule has 3 rings (SSSR count). The van der Waals surface area contributed by atoms with Gasteiger partial charge in [0.05, 0.1) is 16.1 Å². The van der Waals surface area contributed by atoms with Crippen LogP contribution in [-0.4, -0.2) is 47.3 Å². The zero-order valence-electron chi connectivity index (χ0n) is 14.5. The van der Waals surface area contributed by atoms with E-state index in [1.54, 1.807) is 23.2 Å². The minimum absolute atomic E-state index is 0.109. The van der Waals surface area contributed by atoms with Crippen molar-refractivity contribution in [2.24, 2.45) is 0 Å². The number of piperidine rings is 1. The maximum atomic E-state index is 12.5. The van der Waals surface area contributed by atoms with Crippen molar-refractivity contribution in [3.63, 3.8) is 0 Å². The van der Waals surface area contributed by atoms with Crippen molar-refractivity contribution in [2.75, 3.05) is 25.0 Å². The number of carbonyl (C=O) groups excluding carboxylic acids is 1. The van der Waals surface area contributed by atoms with E-state index in [0.29, 0.717) is 16.6 Å². The standard InChI is InChI=1S/C18H21Cl2N5O/c1-24(18(26)21-11-13-6-7-15(19)16(20)10-13)14-4-3-9-25(12-14)17-5-2-8-22-23-17/h2,5-8,10,14H,3-4,9,11-12H2,1H3,(H,21,26)/t14-/m1/s1.